The normalized spacial score (nSPS) is 9.78. The molecule has 5 nitrogen and oxygen atoms in total. The molecular formula is C12H6FN3O2. The van der Waals surface area contributed by atoms with Gasteiger partial charge in [-0.05, 0) is 17.7 Å². The van der Waals surface area contributed by atoms with Gasteiger partial charge in [-0.2, -0.15) is 5.26 Å². The molecule has 0 aliphatic heterocycles. The van der Waals surface area contributed by atoms with Gasteiger partial charge in [-0.25, -0.2) is 9.37 Å². The zero-order valence-corrected chi connectivity index (χ0v) is 9.00. The zero-order valence-electron chi connectivity index (χ0n) is 9.00. The summed E-state index contributed by atoms with van der Waals surface area (Å²) in [6.07, 6.45) is 1.31. The van der Waals surface area contributed by atoms with Gasteiger partial charge in [0, 0.05) is 17.8 Å². The van der Waals surface area contributed by atoms with Crippen molar-refractivity contribution in [1.82, 2.24) is 4.98 Å². The van der Waals surface area contributed by atoms with E-state index in [1.807, 2.05) is 0 Å². The molecule has 2 rings (SSSR count). The van der Waals surface area contributed by atoms with Gasteiger partial charge in [-0.3, -0.25) is 10.1 Å². The second kappa shape index (κ2) is 4.59. The summed E-state index contributed by atoms with van der Waals surface area (Å²) in [6, 6.07) is 8.47. The number of nitrogens with zero attached hydrogens (tertiary/aromatic N) is 3. The van der Waals surface area contributed by atoms with Gasteiger partial charge in [0.05, 0.1) is 4.92 Å². The second-order valence-corrected chi connectivity index (χ2v) is 3.47. The van der Waals surface area contributed by atoms with Gasteiger partial charge in [0.25, 0.3) is 0 Å². The van der Waals surface area contributed by atoms with Crippen molar-refractivity contribution in [3.8, 4) is 17.2 Å². The number of halogens is 1. The molecule has 0 amide bonds. The number of benzene rings is 1. The third-order valence-corrected chi connectivity index (χ3v) is 2.33. The van der Waals surface area contributed by atoms with Crippen molar-refractivity contribution in [2.75, 3.05) is 0 Å². The Labute approximate surface area is 101 Å². The Morgan fingerprint density at radius 2 is 2.11 bits per heavy atom. The first-order chi connectivity index (χ1) is 8.61. The molecule has 0 N–H and O–H groups in total. The number of aromatic nitrogens is 1. The molecule has 1 aromatic carbocycles. The Bertz CT molecular complexity index is 665. The lowest BCUT2D eigenvalue weighted by molar-refractivity contribution is -0.385. The minimum Gasteiger partial charge on any atom is -0.258 e. The Balaban J connectivity index is 2.58. The van der Waals surface area contributed by atoms with Crippen LogP contribution in [-0.4, -0.2) is 9.91 Å². The van der Waals surface area contributed by atoms with Gasteiger partial charge in [-0.15, -0.1) is 0 Å². The highest BCUT2D eigenvalue weighted by Crippen LogP contribution is 2.25. The van der Waals surface area contributed by atoms with E-state index in [-0.39, 0.29) is 11.4 Å². The smallest absolute Gasteiger partial charge is 0.258 e. The Morgan fingerprint density at radius 3 is 2.72 bits per heavy atom. The van der Waals surface area contributed by atoms with Crippen LogP contribution in [0.15, 0.2) is 36.5 Å². The molecule has 0 fully saturated rings. The molecule has 1 heterocycles. The molecule has 0 spiro atoms. The van der Waals surface area contributed by atoms with Crippen molar-refractivity contribution in [1.29, 1.82) is 5.26 Å². The van der Waals surface area contributed by atoms with Crippen molar-refractivity contribution < 1.29 is 9.31 Å². The minimum atomic E-state index is -0.686. The van der Waals surface area contributed by atoms with Crippen LogP contribution in [0, 0.1) is 27.3 Å². The lowest BCUT2D eigenvalue weighted by atomic mass is 10.1. The van der Waals surface area contributed by atoms with Crippen LogP contribution in [0.2, 0.25) is 0 Å². The molecule has 6 heteroatoms. The quantitative estimate of drug-likeness (QED) is 0.599. The van der Waals surface area contributed by atoms with Crippen LogP contribution in [0.5, 0.6) is 0 Å². The summed E-state index contributed by atoms with van der Waals surface area (Å²) < 4.78 is 13.1. The summed E-state index contributed by atoms with van der Waals surface area (Å²) in [4.78, 5) is 13.8. The van der Waals surface area contributed by atoms with Gasteiger partial charge in [-0.1, -0.05) is 12.1 Å². The number of nitriles is 1. The van der Waals surface area contributed by atoms with Gasteiger partial charge in [0.2, 0.25) is 5.69 Å². The monoisotopic (exact) mass is 243 g/mol. The van der Waals surface area contributed by atoms with Crippen molar-refractivity contribution in [3.63, 3.8) is 0 Å². The predicted molar refractivity (Wildman–Crippen MR) is 61.0 cm³/mol. The topological polar surface area (TPSA) is 79.8 Å². The van der Waals surface area contributed by atoms with E-state index < -0.39 is 10.7 Å². The third-order valence-electron chi connectivity index (χ3n) is 2.33. The van der Waals surface area contributed by atoms with Gasteiger partial charge in [0.1, 0.15) is 11.9 Å². The van der Waals surface area contributed by atoms with E-state index in [1.165, 1.54) is 30.5 Å². The Hall–Kier alpha value is -2.81. The minimum absolute atomic E-state index is 0.264. The molecule has 0 saturated carbocycles. The lowest BCUT2D eigenvalue weighted by Crippen LogP contribution is -1.96. The van der Waals surface area contributed by atoms with E-state index in [2.05, 4.69) is 4.98 Å². The van der Waals surface area contributed by atoms with E-state index in [4.69, 9.17) is 5.26 Å². The molecule has 0 bridgehead atoms. The molecule has 0 saturated heterocycles. The van der Waals surface area contributed by atoms with Crippen LogP contribution in [0.25, 0.3) is 11.1 Å². The Kier molecular flexibility index (Phi) is 2.98. The molecule has 0 aliphatic rings. The van der Waals surface area contributed by atoms with Crippen molar-refractivity contribution >= 4 is 5.69 Å². The fourth-order valence-corrected chi connectivity index (χ4v) is 1.50. The summed E-state index contributed by atoms with van der Waals surface area (Å²) in [5.41, 5.74) is 0.203. The summed E-state index contributed by atoms with van der Waals surface area (Å²) >= 11 is 0. The van der Waals surface area contributed by atoms with E-state index >= 15 is 0 Å². The summed E-state index contributed by atoms with van der Waals surface area (Å²) in [5.74, 6) is -0.445. The fourth-order valence-electron chi connectivity index (χ4n) is 1.50. The maximum Gasteiger partial charge on any atom is 0.306 e. The summed E-state index contributed by atoms with van der Waals surface area (Å²) in [7, 11) is 0. The van der Waals surface area contributed by atoms with Crippen molar-refractivity contribution in [2.24, 2.45) is 0 Å². The molecule has 18 heavy (non-hydrogen) atoms. The van der Waals surface area contributed by atoms with Gasteiger partial charge in [0.15, 0.2) is 0 Å². The molecule has 0 unspecified atom stereocenters. The first-order valence-electron chi connectivity index (χ1n) is 4.92. The van der Waals surface area contributed by atoms with Crippen LogP contribution in [0.4, 0.5) is 10.1 Å². The molecule has 0 atom stereocenters. The Morgan fingerprint density at radius 1 is 1.33 bits per heavy atom. The second-order valence-electron chi connectivity index (χ2n) is 3.47. The number of hydrogen-bond donors (Lipinski definition) is 0. The number of rotatable bonds is 2. The maximum atomic E-state index is 13.1. The highest BCUT2D eigenvalue weighted by Gasteiger charge is 2.16. The largest absolute Gasteiger partial charge is 0.306 e. The molecular weight excluding hydrogens is 237 g/mol. The summed E-state index contributed by atoms with van der Waals surface area (Å²) in [5, 5.41) is 19.5. The van der Waals surface area contributed by atoms with Crippen molar-refractivity contribution in [3.05, 3.63) is 58.2 Å². The first-order valence-corrected chi connectivity index (χ1v) is 4.92. The van der Waals surface area contributed by atoms with E-state index in [0.717, 1.165) is 0 Å². The van der Waals surface area contributed by atoms with E-state index in [9.17, 15) is 14.5 Å². The average Bonchev–Trinajstić information content (AvgIpc) is 2.38. The van der Waals surface area contributed by atoms with E-state index in [1.54, 1.807) is 12.1 Å². The van der Waals surface area contributed by atoms with Crippen LogP contribution >= 0.6 is 0 Å². The SMILES string of the molecule is N#Cc1ncc(-c2cccc(F)c2)cc1[N+](=O)[O-]. The highest BCUT2D eigenvalue weighted by atomic mass is 19.1. The number of pyridine rings is 1. The average molecular weight is 243 g/mol. The molecule has 88 valence electrons. The number of nitro groups is 1. The van der Waals surface area contributed by atoms with Crippen LogP contribution in [-0.2, 0) is 0 Å². The summed E-state index contributed by atoms with van der Waals surface area (Å²) in [6.45, 7) is 0. The van der Waals surface area contributed by atoms with Crippen LogP contribution < -0.4 is 0 Å². The standard InChI is InChI=1S/C12H6FN3O2/c13-10-3-1-2-8(4-10)9-5-12(16(17)18)11(6-14)15-7-9/h1-5,7H. The fraction of sp³-hybridized carbons (Fsp3) is 0. The van der Waals surface area contributed by atoms with Gasteiger partial charge < -0.3 is 0 Å². The van der Waals surface area contributed by atoms with E-state index in [0.29, 0.717) is 11.1 Å². The molecule has 0 aliphatic carbocycles. The molecule has 1 aromatic heterocycles. The van der Waals surface area contributed by atoms with Crippen LogP contribution in [0.1, 0.15) is 5.69 Å². The number of hydrogen-bond acceptors (Lipinski definition) is 4. The predicted octanol–water partition coefficient (Wildman–Crippen LogP) is 2.67. The molecule has 0 radical (unpaired) electrons. The highest BCUT2D eigenvalue weighted by molar-refractivity contribution is 5.66. The van der Waals surface area contributed by atoms with Gasteiger partial charge >= 0.3 is 5.69 Å². The zero-order chi connectivity index (χ0) is 13.1. The third kappa shape index (κ3) is 2.15. The first kappa shape index (κ1) is 11.7. The lowest BCUT2D eigenvalue weighted by Gasteiger charge is -2.02. The van der Waals surface area contributed by atoms with Crippen molar-refractivity contribution in [2.45, 2.75) is 0 Å². The molecule has 2 aromatic rings. The maximum absolute atomic E-state index is 13.1. The van der Waals surface area contributed by atoms with Crippen LogP contribution in [0.3, 0.4) is 0 Å².